The summed E-state index contributed by atoms with van der Waals surface area (Å²) in [5, 5.41) is 2.94. The molecule has 0 spiro atoms. The molecule has 184 valence electrons. The number of nitrogens with one attached hydrogen (secondary N) is 1. The predicted octanol–water partition coefficient (Wildman–Crippen LogP) is 6.54. The normalized spacial score (nSPS) is 11.2. The number of hydrogen-bond donors (Lipinski definition) is 1. The van der Waals surface area contributed by atoms with E-state index in [0.717, 1.165) is 20.9 Å². The van der Waals surface area contributed by atoms with Crippen molar-refractivity contribution in [3.8, 4) is 0 Å². The van der Waals surface area contributed by atoms with Gasteiger partial charge in [-0.3, -0.25) is 9.10 Å². The number of rotatable bonds is 9. The molecular weight excluding hydrogens is 488 g/mol. The monoisotopic (exact) mass is 516 g/mol. The molecule has 0 aliphatic rings. The molecule has 0 heterocycles. The van der Waals surface area contributed by atoms with Gasteiger partial charge < -0.3 is 5.32 Å². The zero-order chi connectivity index (χ0) is 25.5. The van der Waals surface area contributed by atoms with Crippen LogP contribution in [0.25, 0.3) is 0 Å². The summed E-state index contributed by atoms with van der Waals surface area (Å²) in [6.07, 6.45) is 0.633. The second kappa shape index (κ2) is 11.5. The molecule has 0 aliphatic carbocycles. The Hall–Kier alpha value is -3.55. The smallest absolute Gasteiger partial charge is 0.264 e. The number of nitrogens with zero attached hydrogens (tertiary/aromatic N) is 1. The number of carbonyl (C=O) groups excluding carboxylic acids is 1. The summed E-state index contributed by atoms with van der Waals surface area (Å²) in [7, 11) is -3.98. The van der Waals surface area contributed by atoms with Crippen molar-refractivity contribution in [1.82, 2.24) is 0 Å². The third-order valence-electron chi connectivity index (χ3n) is 5.67. The molecule has 4 aromatic carbocycles. The van der Waals surface area contributed by atoms with Crippen LogP contribution in [0.15, 0.2) is 118 Å². The van der Waals surface area contributed by atoms with Crippen molar-refractivity contribution >= 4 is 39.1 Å². The van der Waals surface area contributed by atoms with E-state index in [-0.39, 0.29) is 11.4 Å². The molecule has 1 amide bonds. The lowest BCUT2D eigenvalue weighted by molar-refractivity contribution is -0.114. The average Bonchev–Trinajstić information content (AvgIpc) is 2.89. The van der Waals surface area contributed by atoms with Gasteiger partial charge in [-0.1, -0.05) is 84.9 Å². The standard InChI is InChI=1S/C29H28N2O3S2/c1-3-23-11-7-9-15-27(23)31(36(33,34)25-19-17-22(2)18-20-25)21-29(32)30-26-14-8-10-16-28(26)35-24-12-5-4-6-13-24/h4-20H,3,21H2,1-2H3,(H,30,32). The Morgan fingerprint density at radius 2 is 1.47 bits per heavy atom. The molecule has 4 aromatic rings. The van der Waals surface area contributed by atoms with Crippen LogP contribution >= 0.6 is 11.8 Å². The zero-order valence-electron chi connectivity index (χ0n) is 20.2. The zero-order valence-corrected chi connectivity index (χ0v) is 21.9. The Kier molecular flexibility index (Phi) is 8.13. The van der Waals surface area contributed by atoms with E-state index >= 15 is 0 Å². The molecule has 0 saturated carbocycles. The summed E-state index contributed by atoms with van der Waals surface area (Å²) < 4.78 is 28.7. The van der Waals surface area contributed by atoms with Gasteiger partial charge in [0.1, 0.15) is 6.54 Å². The molecule has 5 nitrogen and oxygen atoms in total. The fraction of sp³-hybridized carbons (Fsp3) is 0.138. The quantitative estimate of drug-likeness (QED) is 0.274. The van der Waals surface area contributed by atoms with E-state index in [9.17, 15) is 13.2 Å². The Morgan fingerprint density at radius 1 is 0.833 bits per heavy atom. The first-order valence-electron chi connectivity index (χ1n) is 11.7. The van der Waals surface area contributed by atoms with Crippen molar-refractivity contribution in [3.05, 3.63) is 114 Å². The number of carbonyl (C=O) groups is 1. The Morgan fingerprint density at radius 3 is 2.19 bits per heavy atom. The summed E-state index contributed by atoms with van der Waals surface area (Å²) in [6, 6.07) is 31.3. The minimum atomic E-state index is -3.98. The molecule has 7 heteroatoms. The van der Waals surface area contributed by atoms with Gasteiger partial charge in [-0.15, -0.1) is 0 Å². The molecule has 0 aliphatic heterocycles. The van der Waals surface area contributed by atoms with Crippen LogP contribution in [-0.4, -0.2) is 20.9 Å². The van der Waals surface area contributed by atoms with Crippen LogP contribution in [0.2, 0.25) is 0 Å². The Balaban J connectivity index is 1.65. The molecule has 0 fully saturated rings. The molecule has 0 atom stereocenters. The van der Waals surface area contributed by atoms with Crippen LogP contribution in [0.4, 0.5) is 11.4 Å². The molecule has 0 radical (unpaired) electrons. The highest BCUT2D eigenvalue weighted by Crippen LogP contribution is 2.33. The van der Waals surface area contributed by atoms with Gasteiger partial charge in [-0.05, 0) is 61.4 Å². The lowest BCUT2D eigenvalue weighted by Crippen LogP contribution is -2.38. The maximum absolute atomic E-state index is 13.8. The van der Waals surface area contributed by atoms with Crippen LogP contribution in [0.3, 0.4) is 0 Å². The third-order valence-corrected chi connectivity index (χ3v) is 8.53. The minimum absolute atomic E-state index is 0.145. The average molecular weight is 517 g/mol. The number of amides is 1. The van der Waals surface area contributed by atoms with E-state index in [2.05, 4.69) is 5.32 Å². The molecule has 0 bridgehead atoms. The van der Waals surface area contributed by atoms with Crippen molar-refractivity contribution in [2.75, 3.05) is 16.2 Å². The summed E-state index contributed by atoms with van der Waals surface area (Å²) in [4.78, 5) is 15.4. The van der Waals surface area contributed by atoms with Crippen LogP contribution < -0.4 is 9.62 Å². The van der Waals surface area contributed by atoms with E-state index in [1.807, 2.05) is 80.6 Å². The number of hydrogen-bond acceptors (Lipinski definition) is 4. The number of anilines is 2. The van der Waals surface area contributed by atoms with Gasteiger partial charge in [0.05, 0.1) is 16.3 Å². The minimum Gasteiger partial charge on any atom is -0.323 e. The molecular formula is C29H28N2O3S2. The molecule has 36 heavy (non-hydrogen) atoms. The summed E-state index contributed by atoms with van der Waals surface area (Å²) in [5.74, 6) is -0.419. The molecule has 0 saturated heterocycles. The molecule has 4 rings (SSSR count). The van der Waals surface area contributed by atoms with Gasteiger partial charge >= 0.3 is 0 Å². The van der Waals surface area contributed by atoms with Crippen molar-refractivity contribution in [2.45, 2.75) is 35.0 Å². The second-order valence-electron chi connectivity index (χ2n) is 8.27. The van der Waals surface area contributed by atoms with Gasteiger partial charge in [0, 0.05) is 9.79 Å². The summed E-state index contributed by atoms with van der Waals surface area (Å²) in [5.41, 5.74) is 2.94. The van der Waals surface area contributed by atoms with Crippen molar-refractivity contribution < 1.29 is 13.2 Å². The molecule has 0 unspecified atom stereocenters. The van der Waals surface area contributed by atoms with E-state index in [0.29, 0.717) is 17.8 Å². The first kappa shape index (κ1) is 25.5. The number of para-hydroxylation sites is 2. The fourth-order valence-corrected chi connectivity index (χ4v) is 6.17. The summed E-state index contributed by atoms with van der Waals surface area (Å²) in [6.45, 7) is 3.52. The lowest BCUT2D eigenvalue weighted by Gasteiger charge is -2.26. The Labute approximate surface area is 217 Å². The second-order valence-corrected chi connectivity index (χ2v) is 11.2. The van der Waals surface area contributed by atoms with Crippen molar-refractivity contribution in [1.29, 1.82) is 0 Å². The number of benzene rings is 4. The van der Waals surface area contributed by atoms with Crippen molar-refractivity contribution in [3.63, 3.8) is 0 Å². The van der Waals surface area contributed by atoms with Gasteiger partial charge in [-0.2, -0.15) is 0 Å². The number of sulfonamides is 1. The van der Waals surface area contributed by atoms with Gasteiger partial charge in [0.2, 0.25) is 5.91 Å². The van der Waals surface area contributed by atoms with Gasteiger partial charge in [0.25, 0.3) is 10.0 Å². The molecule has 0 aromatic heterocycles. The van der Waals surface area contributed by atoms with Gasteiger partial charge in [0.15, 0.2) is 0 Å². The molecule has 1 N–H and O–H groups in total. The van der Waals surface area contributed by atoms with Crippen LogP contribution in [0, 0.1) is 6.92 Å². The maximum atomic E-state index is 13.8. The van der Waals surface area contributed by atoms with Crippen molar-refractivity contribution in [2.24, 2.45) is 0 Å². The van der Waals surface area contributed by atoms with Crippen LogP contribution in [0.5, 0.6) is 0 Å². The van der Waals surface area contributed by atoms with Crippen LogP contribution in [0.1, 0.15) is 18.1 Å². The highest BCUT2D eigenvalue weighted by atomic mass is 32.2. The predicted molar refractivity (Wildman–Crippen MR) is 147 cm³/mol. The van der Waals surface area contributed by atoms with E-state index in [1.165, 1.54) is 16.1 Å². The maximum Gasteiger partial charge on any atom is 0.264 e. The highest BCUT2D eigenvalue weighted by molar-refractivity contribution is 7.99. The Bertz CT molecular complexity index is 1440. The van der Waals surface area contributed by atoms with E-state index < -0.39 is 15.9 Å². The number of aryl methyl sites for hydroxylation is 2. The largest absolute Gasteiger partial charge is 0.323 e. The van der Waals surface area contributed by atoms with Gasteiger partial charge in [-0.25, -0.2) is 8.42 Å². The SMILES string of the molecule is CCc1ccccc1N(CC(=O)Nc1ccccc1Sc1ccccc1)S(=O)(=O)c1ccc(C)cc1. The summed E-state index contributed by atoms with van der Waals surface area (Å²) >= 11 is 1.53. The van der Waals surface area contributed by atoms with E-state index in [1.54, 1.807) is 36.4 Å². The highest BCUT2D eigenvalue weighted by Gasteiger charge is 2.28. The first-order valence-corrected chi connectivity index (χ1v) is 13.9. The first-order chi connectivity index (χ1) is 17.4. The lowest BCUT2D eigenvalue weighted by atomic mass is 10.1. The topological polar surface area (TPSA) is 66.5 Å². The third kappa shape index (κ3) is 5.98. The van der Waals surface area contributed by atoms with E-state index in [4.69, 9.17) is 0 Å². The fourth-order valence-electron chi connectivity index (χ4n) is 3.78. The van der Waals surface area contributed by atoms with Crippen LogP contribution in [-0.2, 0) is 21.2 Å².